The molecule has 108 valence electrons. The average Bonchev–Trinajstić information content (AvgIpc) is 3.15. The van der Waals surface area contributed by atoms with Crippen molar-refractivity contribution in [2.45, 2.75) is 0 Å². The van der Waals surface area contributed by atoms with Crippen LogP contribution >= 0.6 is 0 Å². The molecule has 0 unspecified atom stereocenters. The molecule has 0 atom stereocenters. The highest BCUT2D eigenvalue weighted by Crippen LogP contribution is 2.34. The number of rotatable bonds is 5. The van der Waals surface area contributed by atoms with E-state index in [0.29, 0.717) is 17.2 Å². The minimum Gasteiger partial charge on any atom is -0.484 e. The zero-order valence-electron chi connectivity index (χ0n) is 11.0. The predicted octanol–water partition coefficient (Wildman–Crippen LogP) is 1.27. The lowest BCUT2D eigenvalue weighted by molar-refractivity contribution is -0.123. The molecule has 2 N–H and O–H groups in total. The molecule has 2 heterocycles. The maximum absolute atomic E-state index is 11.6. The van der Waals surface area contributed by atoms with Crippen LogP contribution in [0.4, 0.5) is 0 Å². The van der Waals surface area contributed by atoms with Gasteiger partial charge in [0, 0.05) is 12.3 Å². The molecular weight excluding hydrogens is 274 g/mol. The minimum absolute atomic E-state index is 0.137. The van der Waals surface area contributed by atoms with Crippen LogP contribution in [0.1, 0.15) is 5.69 Å². The second kappa shape index (κ2) is 6.00. The number of hydrogen-bond donors (Lipinski definition) is 2. The van der Waals surface area contributed by atoms with Gasteiger partial charge in [-0.2, -0.15) is 5.10 Å². The van der Waals surface area contributed by atoms with Crippen molar-refractivity contribution in [1.29, 1.82) is 0 Å². The van der Waals surface area contributed by atoms with Crippen molar-refractivity contribution < 1.29 is 19.0 Å². The Bertz CT molecular complexity index is 652. The smallest absolute Gasteiger partial charge is 0.277 e. The van der Waals surface area contributed by atoms with Gasteiger partial charge in [0.2, 0.25) is 6.79 Å². The molecule has 1 aliphatic heterocycles. The number of aromatic amines is 1. The molecule has 1 aromatic heterocycles. The summed E-state index contributed by atoms with van der Waals surface area (Å²) < 4.78 is 15.8. The van der Waals surface area contributed by atoms with Crippen LogP contribution < -0.4 is 19.6 Å². The monoisotopic (exact) mass is 287 g/mol. The van der Waals surface area contributed by atoms with Gasteiger partial charge in [0.25, 0.3) is 5.91 Å². The lowest BCUT2D eigenvalue weighted by Gasteiger charge is -2.05. The SMILES string of the molecule is O=C(COc1ccc2c(c1)OCO2)N/N=C/c1ccc[nH]1. The van der Waals surface area contributed by atoms with Crippen LogP contribution in [0.15, 0.2) is 41.6 Å². The standard InChI is InChI=1S/C14H13N3O4/c18-14(17-16-7-10-2-1-5-15-10)8-19-11-3-4-12-13(6-11)21-9-20-12/h1-7,15H,8-9H2,(H,17,18)/b16-7+. The van der Waals surface area contributed by atoms with Crippen LogP contribution in [-0.4, -0.2) is 30.5 Å². The van der Waals surface area contributed by atoms with Gasteiger partial charge in [-0.15, -0.1) is 0 Å². The molecule has 2 aromatic rings. The minimum atomic E-state index is -0.351. The molecule has 0 saturated carbocycles. The summed E-state index contributed by atoms with van der Waals surface area (Å²) in [6, 6.07) is 8.80. The first-order valence-electron chi connectivity index (χ1n) is 6.29. The highest BCUT2D eigenvalue weighted by Gasteiger charge is 2.14. The van der Waals surface area contributed by atoms with Gasteiger partial charge >= 0.3 is 0 Å². The molecule has 7 heteroatoms. The Labute approximate surface area is 120 Å². The highest BCUT2D eigenvalue weighted by atomic mass is 16.7. The number of hydrazone groups is 1. The van der Waals surface area contributed by atoms with Crippen LogP contribution in [0.25, 0.3) is 0 Å². The van der Waals surface area contributed by atoms with Crippen molar-refractivity contribution in [3.8, 4) is 17.2 Å². The third kappa shape index (κ3) is 3.33. The summed E-state index contributed by atoms with van der Waals surface area (Å²) in [5.41, 5.74) is 3.17. The third-order valence-corrected chi connectivity index (χ3v) is 2.73. The molecule has 0 saturated heterocycles. The molecule has 1 aromatic carbocycles. The molecule has 0 fully saturated rings. The largest absolute Gasteiger partial charge is 0.484 e. The first-order chi connectivity index (χ1) is 10.3. The van der Waals surface area contributed by atoms with E-state index in [1.54, 1.807) is 24.4 Å². The van der Waals surface area contributed by atoms with Gasteiger partial charge in [0.15, 0.2) is 18.1 Å². The number of nitrogens with zero attached hydrogens (tertiary/aromatic N) is 1. The molecule has 1 aliphatic rings. The van der Waals surface area contributed by atoms with Crippen molar-refractivity contribution in [2.75, 3.05) is 13.4 Å². The quantitative estimate of drug-likeness (QED) is 0.640. The number of benzene rings is 1. The van der Waals surface area contributed by atoms with Gasteiger partial charge in [0.1, 0.15) is 5.75 Å². The van der Waals surface area contributed by atoms with Crippen LogP contribution in [-0.2, 0) is 4.79 Å². The Balaban J connectivity index is 1.47. The first kappa shape index (κ1) is 13.0. The van der Waals surface area contributed by atoms with Gasteiger partial charge in [-0.3, -0.25) is 4.79 Å². The fraction of sp³-hybridized carbons (Fsp3) is 0.143. The van der Waals surface area contributed by atoms with E-state index in [2.05, 4.69) is 15.5 Å². The second-order valence-electron chi connectivity index (χ2n) is 4.22. The fourth-order valence-electron chi connectivity index (χ4n) is 1.75. The fourth-order valence-corrected chi connectivity index (χ4v) is 1.75. The summed E-state index contributed by atoms with van der Waals surface area (Å²) in [6.45, 7) is 0.0639. The lowest BCUT2D eigenvalue weighted by Crippen LogP contribution is -2.24. The maximum atomic E-state index is 11.6. The third-order valence-electron chi connectivity index (χ3n) is 2.73. The molecule has 0 spiro atoms. The molecule has 0 aliphatic carbocycles. The van der Waals surface area contributed by atoms with Crippen molar-refractivity contribution >= 4 is 12.1 Å². The van der Waals surface area contributed by atoms with Crippen molar-refractivity contribution in [1.82, 2.24) is 10.4 Å². The van der Waals surface area contributed by atoms with E-state index in [1.165, 1.54) is 6.21 Å². The van der Waals surface area contributed by atoms with Crippen molar-refractivity contribution in [3.63, 3.8) is 0 Å². The van der Waals surface area contributed by atoms with Crippen LogP contribution in [0.5, 0.6) is 17.2 Å². The number of carbonyl (C=O) groups excluding carboxylic acids is 1. The molecular formula is C14H13N3O4. The second-order valence-corrected chi connectivity index (χ2v) is 4.22. The number of carbonyl (C=O) groups is 1. The van der Waals surface area contributed by atoms with Gasteiger partial charge in [-0.25, -0.2) is 5.43 Å². The number of nitrogens with one attached hydrogen (secondary N) is 2. The summed E-state index contributed by atoms with van der Waals surface area (Å²) >= 11 is 0. The number of fused-ring (bicyclic) bond motifs is 1. The van der Waals surface area contributed by atoms with Gasteiger partial charge in [0.05, 0.1) is 11.9 Å². The van der Waals surface area contributed by atoms with Crippen LogP contribution in [0.2, 0.25) is 0 Å². The highest BCUT2D eigenvalue weighted by molar-refractivity contribution is 5.81. The van der Waals surface area contributed by atoms with Crippen LogP contribution in [0.3, 0.4) is 0 Å². The van der Waals surface area contributed by atoms with Gasteiger partial charge < -0.3 is 19.2 Å². The van der Waals surface area contributed by atoms with Crippen molar-refractivity contribution in [3.05, 3.63) is 42.2 Å². The topological polar surface area (TPSA) is 84.9 Å². The predicted molar refractivity (Wildman–Crippen MR) is 74.6 cm³/mol. The van der Waals surface area contributed by atoms with E-state index in [-0.39, 0.29) is 19.3 Å². The zero-order valence-corrected chi connectivity index (χ0v) is 11.0. The number of hydrogen-bond acceptors (Lipinski definition) is 5. The lowest BCUT2D eigenvalue weighted by atomic mass is 10.3. The molecule has 3 rings (SSSR count). The Morgan fingerprint density at radius 2 is 2.29 bits per heavy atom. The number of amides is 1. The summed E-state index contributed by atoms with van der Waals surface area (Å²) in [5.74, 6) is 1.46. The average molecular weight is 287 g/mol. The Hall–Kier alpha value is -2.96. The van der Waals surface area contributed by atoms with E-state index in [0.717, 1.165) is 5.69 Å². The summed E-state index contributed by atoms with van der Waals surface area (Å²) in [4.78, 5) is 14.5. The van der Waals surface area contributed by atoms with Gasteiger partial charge in [-0.05, 0) is 24.3 Å². The van der Waals surface area contributed by atoms with E-state index in [1.807, 2.05) is 12.1 Å². The van der Waals surface area contributed by atoms with E-state index >= 15 is 0 Å². The molecule has 7 nitrogen and oxygen atoms in total. The maximum Gasteiger partial charge on any atom is 0.277 e. The summed E-state index contributed by atoms with van der Waals surface area (Å²) in [5, 5.41) is 3.80. The number of aromatic nitrogens is 1. The molecule has 21 heavy (non-hydrogen) atoms. The van der Waals surface area contributed by atoms with Crippen LogP contribution in [0, 0.1) is 0 Å². The van der Waals surface area contributed by atoms with E-state index in [4.69, 9.17) is 14.2 Å². The molecule has 0 bridgehead atoms. The van der Waals surface area contributed by atoms with E-state index < -0.39 is 0 Å². The normalized spacial score (nSPS) is 12.6. The molecule has 1 amide bonds. The van der Waals surface area contributed by atoms with Crippen molar-refractivity contribution in [2.24, 2.45) is 5.10 Å². The summed E-state index contributed by atoms with van der Waals surface area (Å²) in [7, 11) is 0. The zero-order chi connectivity index (χ0) is 14.5. The number of H-pyrrole nitrogens is 1. The Morgan fingerprint density at radius 3 is 3.14 bits per heavy atom. The Morgan fingerprint density at radius 1 is 1.38 bits per heavy atom. The first-order valence-corrected chi connectivity index (χ1v) is 6.29. The number of ether oxygens (including phenoxy) is 3. The van der Waals surface area contributed by atoms with E-state index in [9.17, 15) is 4.79 Å². The molecule has 0 radical (unpaired) electrons. The Kier molecular flexibility index (Phi) is 3.72. The summed E-state index contributed by atoms with van der Waals surface area (Å²) in [6.07, 6.45) is 3.28. The van der Waals surface area contributed by atoms with Gasteiger partial charge in [-0.1, -0.05) is 0 Å².